The van der Waals surface area contributed by atoms with E-state index in [2.05, 4.69) is 5.92 Å². The Balaban J connectivity index is 2.32. The molecular weight excluding hydrogens is 140 g/mol. The van der Waals surface area contributed by atoms with Gasteiger partial charge in [0.25, 0.3) is 0 Å². The molecule has 0 spiro atoms. The first kappa shape index (κ1) is 8.58. The van der Waals surface area contributed by atoms with Gasteiger partial charge in [-0.05, 0) is 19.3 Å². The second kappa shape index (κ2) is 3.75. The molecule has 0 radical (unpaired) electrons. The number of rotatable bonds is 2. The van der Waals surface area contributed by atoms with E-state index in [-0.39, 0.29) is 0 Å². The first-order valence-electron chi connectivity index (χ1n) is 4.00. The quantitative estimate of drug-likeness (QED) is 0.600. The van der Waals surface area contributed by atoms with Gasteiger partial charge in [-0.3, -0.25) is 0 Å². The van der Waals surface area contributed by atoms with Crippen LogP contribution in [-0.2, 0) is 4.74 Å². The Morgan fingerprint density at radius 2 is 2.09 bits per heavy atom. The fourth-order valence-electron chi connectivity index (χ4n) is 1.31. The number of aliphatic hydroxyl groups is 1. The molecular formula is C9H14O2. The van der Waals surface area contributed by atoms with Gasteiger partial charge in [0, 0.05) is 19.6 Å². The summed E-state index contributed by atoms with van der Waals surface area (Å²) in [6.07, 6.45) is 7.95. The van der Waals surface area contributed by atoms with Crippen LogP contribution in [0.15, 0.2) is 0 Å². The zero-order chi connectivity index (χ0) is 8.16. The molecule has 1 aliphatic rings. The summed E-state index contributed by atoms with van der Waals surface area (Å²) in [5.41, 5.74) is -0.537. The van der Waals surface area contributed by atoms with E-state index in [1.54, 1.807) is 0 Å². The van der Waals surface area contributed by atoms with Gasteiger partial charge < -0.3 is 9.84 Å². The molecule has 0 aliphatic carbocycles. The van der Waals surface area contributed by atoms with E-state index in [0.29, 0.717) is 26.1 Å². The molecule has 1 fully saturated rings. The molecule has 0 aromatic carbocycles. The van der Waals surface area contributed by atoms with Crippen molar-refractivity contribution in [3.63, 3.8) is 0 Å². The van der Waals surface area contributed by atoms with Crippen LogP contribution < -0.4 is 0 Å². The highest BCUT2D eigenvalue weighted by Crippen LogP contribution is 2.24. The fourth-order valence-corrected chi connectivity index (χ4v) is 1.31. The summed E-state index contributed by atoms with van der Waals surface area (Å²) in [6.45, 7) is 1.34. The normalized spacial score (nSPS) is 22.5. The first-order valence-corrected chi connectivity index (χ1v) is 4.00. The third-order valence-electron chi connectivity index (χ3n) is 2.16. The fraction of sp³-hybridized carbons (Fsp3) is 0.778. The Bertz CT molecular complexity index is 151. The number of ether oxygens (including phenoxy) is 1. The Kier molecular flexibility index (Phi) is 2.92. The zero-order valence-corrected chi connectivity index (χ0v) is 6.68. The van der Waals surface area contributed by atoms with Gasteiger partial charge in [-0.2, -0.15) is 0 Å². The molecule has 11 heavy (non-hydrogen) atoms. The SMILES string of the molecule is C#CCCC1(O)CCOCC1. The smallest absolute Gasteiger partial charge is 0.0700 e. The topological polar surface area (TPSA) is 29.5 Å². The van der Waals surface area contributed by atoms with Gasteiger partial charge in [0.05, 0.1) is 5.60 Å². The van der Waals surface area contributed by atoms with Gasteiger partial charge in [-0.15, -0.1) is 12.3 Å². The highest BCUT2D eigenvalue weighted by molar-refractivity contribution is 4.90. The van der Waals surface area contributed by atoms with E-state index < -0.39 is 5.60 Å². The summed E-state index contributed by atoms with van der Waals surface area (Å²) in [6, 6.07) is 0. The summed E-state index contributed by atoms with van der Waals surface area (Å²) in [5.74, 6) is 2.54. The summed E-state index contributed by atoms with van der Waals surface area (Å²) in [5, 5.41) is 9.83. The molecule has 1 heterocycles. The maximum Gasteiger partial charge on any atom is 0.0700 e. The minimum Gasteiger partial charge on any atom is -0.390 e. The van der Waals surface area contributed by atoms with Crippen LogP contribution in [0.5, 0.6) is 0 Å². The molecule has 0 amide bonds. The average Bonchev–Trinajstić information content (AvgIpc) is 2.03. The largest absolute Gasteiger partial charge is 0.390 e. The first-order chi connectivity index (χ1) is 5.27. The van der Waals surface area contributed by atoms with E-state index in [4.69, 9.17) is 11.2 Å². The molecule has 0 atom stereocenters. The van der Waals surface area contributed by atoms with Gasteiger partial charge in [-0.25, -0.2) is 0 Å². The van der Waals surface area contributed by atoms with E-state index in [0.717, 1.165) is 12.8 Å². The molecule has 0 aromatic rings. The molecule has 62 valence electrons. The lowest BCUT2D eigenvalue weighted by molar-refractivity contribution is -0.0669. The van der Waals surface area contributed by atoms with E-state index in [1.807, 2.05) is 0 Å². The molecule has 2 nitrogen and oxygen atoms in total. The van der Waals surface area contributed by atoms with Crippen LogP contribution in [-0.4, -0.2) is 23.9 Å². The maximum atomic E-state index is 9.83. The molecule has 1 rings (SSSR count). The molecule has 0 aromatic heterocycles. The minimum absolute atomic E-state index is 0.537. The van der Waals surface area contributed by atoms with Crippen LogP contribution in [0, 0.1) is 12.3 Å². The third-order valence-corrected chi connectivity index (χ3v) is 2.16. The minimum atomic E-state index is -0.537. The van der Waals surface area contributed by atoms with Gasteiger partial charge in [0.1, 0.15) is 0 Å². The number of hydrogen-bond acceptors (Lipinski definition) is 2. The van der Waals surface area contributed by atoms with Crippen LogP contribution in [0.4, 0.5) is 0 Å². The maximum absolute atomic E-state index is 9.83. The standard InChI is InChI=1S/C9H14O2/c1-2-3-4-9(10)5-7-11-8-6-9/h1,10H,3-8H2. The monoisotopic (exact) mass is 154 g/mol. The van der Waals surface area contributed by atoms with Crippen molar-refractivity contribution in [3.05, 3.63) is 0 Å². The van der Waals surface area contributed by atoms with Crippen molar-refractivity contribution in [1.82, 2.24) is 0 Å². The second-order valence-electron chi connectivity index (χ2n) is 3.04. The summed E-state index contributed by atoms with van der Waals surface area (Å²) >= 11 is 0. The predicted molar refractivity (Wildman–Crippen MR) is 43.1 cm³/mol. The van der Waals surface area contributed by atoms with Gasteiger partial charge in [-0.1, -0.05) is 0 Å². The van der Waals surface area contributed by atoms with Crippen molar-refractivity contribution in [2.75, 3.05) is 13.2 Å². The molecule has 1 aliphatic heterocycles. The molecule has 1 N–H and O–H groups in total. The van der Waals surface area contributed by atoms with Crippen LogP contribution >= 0.6 is 0 Å². The Labute approximate surface area is 67.6 Å². The number of hydrogen-bond donors (Lipinski definition) is 1. The average molecular weight is 154 g/mol. The molecule has 2 heteroatoms. The van der Waals surface area contributed by atoms with Crippen molar-refractivity contribution < 1.29 is 9.84 Å². The zero-order valence-electron chi connectivity index (χ0n) is 6.68. The van der Waals surface area contributed by atoms with E-state index in [9.17, 15) is 5.11 Å². The van der Waals surface area contributed by atoms with Crippen LogP contribution in [0.1, 0.15) is 25.7 Å². The van der Waals surface area contributed by atoms with Crippen LogP contribution in [0.25, 0.3) is 0 Å². The summed E-state index contributed by atoms with van der Waals surface area (Å²) in [4.78, 5) is 0. The van der Waals surface area contributed by atoms with E-state index in [1.165, 1.54) is 0 Å². The molecule has 1 saturated heterocycles. The lowest BCUT2D eigenvalue weighted by Gasteiger charge is -2.31. The molecule has 0 unspecified atom stereocenters. The molecule has 0 bridgehead atoms. The van der Waals surface area contributed by atoms with Crippen molar-refractivity contribution in [2.24, 2.45) is 0 Å². The van der Waals surface area contributed by atoms with Crippen molar-refractivity contribution >= 4 is 0 Å². The van der Waals surface area contributed by atoms with Crippen molar-refractivity contribution in [3.8, 4) is 12.3 Å². The second-order valence-corrected chi connectivity index (χ2v) is 3.04. The lowest BCUT2D eigenvalue weighted by Crippen LogP contribution is -2.35. The number of terminal acetylenes is 1. The highest BCUT2D eigenvalue weighted by Gasteiger charge is 2.28. The van der Waals surface area contributed by atoms with Crippen molar-refractivity contribution in [1.29, 1.82) is 0 Å². The van der Waals surface area contributed by atoms with Crippen LogP contribution in [0.2, 0.25) is 0 Å². The Morgan fingerprint density at radius 3 is 2.64 bits per heavy atom. The van der Waals surface area contributed by atoms with Gasteiger partial charge in [0.2, 0.25) is 0 Å². The Morgan fingerprint density at radius 1 is 1.45 bits per heavy atom. The highest BCUT2D eigenvalue weighted by atomic mass is 16.5. The van der Waals surface area contributed by atoms with Gasteiger partial charge >= 0.3 is 0 Å². The van der Waals surface area contributed by atoms with Gasteiger partial charge in [0.15, 0.2) is 0 Å². The van der Waals surface area contributed by atoms with Crippen molar-refractivity contribution in [2.45, 2.75) is 31.3 Å². The Hall–Kier alpha value is -0.520. The molecule has 0 saturated carbocycles. The lowest BCUT2D eigenvalue weighted by atomic mass is 9.90. The van der Waals surface area contributed by atoms with E-state index >= 15 is 0 Å². The predicted octanol–water partition coefficient (Wildman–Crippen LogP) is 0.941. The van der Waals surface area contributed by atoms with Crippen LogP contribution in [0.3, 0.4) is 0 Å². The summed E-state index contributed by atoms with van der Waals surface area (Å²) in [7, 11) is 0. The summed E-state index contributed by atoms with van der Waals surface area (Å²) < 4.78 is 5.13. The third kappa shape index (κ3) is 2.53.